The van der Waals surface area contributed by atoms with E-state index in [1.807, 2.05) is 24.3 Å². The van der Waals surface area contributed by atoms with E-state index in [2.05, 4.69) is 4.98 Å². The van der Waals surface area contributed by atoms with Gasteiger partial charge < -0.3 is 10.1 Å². The lowest BCUT2D eigenvalue weighted by Gasteiger charge is -1.85. The van der Waals surface area contributed by atoms with E-state index in [1.54, 1.807) is 0 Å². The number of benzene rings is 1. The molecule has 0 saturated heterocycles. The summed E-state index contributed by atoms with van der Waals surface area (Å²) in [6, 6.07) is 7.73. The van der Waals surface area contributed by atoms with E-state index >= 15 is 0 Å². The molecule has 0 fully saturated rings. The Morgan fingerprint density at radius 3 is 2.40 bits per heavy atom. The largest absolute Gasteiger partial charge is 0.481 e. The van der Waals surface area contributed by atoms with Crippen LogP contribution in [-0.4, -0.2) is 16.1 Å². The molecular weight excluding hydrogens is 237 g/mol. The minimum atomic E-state index is -0.833. The van der Waals surface area contributed by atoms with E-state index in [-0.39, 0.29) is 0 Å². The van der Waals surface area contributed by atoms with Crippen molar-refractivity contribution in [3.63, 3.8) is 0 Å². The van der Waals surface area contributed by atoms with Crippen LogP contribution in [0.1, 0.15) is 6.92 Å². The molecule has 0 bridgehead atoms. The van der Waals surface area contributed by atoms with Gasteiger partial charge in [0.2, 0.25) is 0 Å². The van der Waals surface area contributed by atoms with Crippen molar-refractivity contribution in [3.8, 4) is 0 Å². The van der Waals surface area contributed by atoms with Gasteiger partial charge in [0.15, 0.2) is 0 Å². The number of H-pyrrole nitrogens is 1. The van der Waals surface area contributed by atoms with E-state index < -0.39 is 5.97 Å². The number of hydrogen-bond donors (Lipinski definition) is 2. The molecule has 2 rings (SSSR count). The molecule has 0 saturated carbocycles. The molecule has 1 aromatic carbocycles. The van der Waals surface area contributed by atoms with Crippen LogP contribution in [0.3, 0.4) is 0 Å². The van der Waals surface area contributed by atoms with E-state index in [0.29, 0.717) is 10.2 Å². The Morgan fingerprint density at radius 1 is 1.33 bits per heavy atom. The number of aromatic amines is 1. The highest BCUT2D eigenvalue weighted by Gasteiger charge is 2.04. The highest BCUT2D eigenvalue weighted by molar-refractivity contribution is 6.45. The van der Waals surface area contributed by atoms with Crippen molar-refractivity contribution in [2.45, 2.75) is 6.92 Å². The van der Waals surface area contributed by atoms with Gasteiger partial charge in [-0.25, -0.2) is 0 Å². The van der Waals surface area contributed by atoms with Gasteiger partial charge in [-0.05, 0) is 6.07 Å². The van der Waals surface area contributed by atoms with Crippen molar-refractivity contribution in [3.05, 3.63) is 34.4 Å². The molecule has 3 nitrogen and oxygen atoms in total. The SMILES string of the molecule is CC(=O)O.Clc1[nH]c2ccccc2c1Cl. The van der Waals surface area contributed by atoms with Gasteiger partial charge in [-0.15, -0.1) is 0 Å². The second kappa shape index (κ2) is 5.05. The van der Waals surface area contributed by atoms with Crippen molar-refractivity contribution in [2.75, 3.05) is 0 Å². The monoisotopic (exact) mass is 245 g/mol. The highest BCUT2D eigenvalue weighted by atomic mass is 35.5. The van der Waals surface area contributed by atoms with Crippen LogP contribution in [0.5, 0.6) is 0 Å². The van der Waals surface area contributed by atoms with Gasteiger partial charge in [0, 0.05) is 17.8 Å². The van der Waals surface area contributed by atoms with E-state index in [9.17, 15) is 0 Å². The number of carboxylic acids is 1. The number of rotatable bonds is 0. The molecule has 2 N–H and O–H groups in total. The Morgan fingerprint density at radius 2 is 1.87 bits per heavy atom. The maximum absolute atomic E-state index is 9.00. The zero-order valence-electron chi connectivity index (χ0n) is 7.92. The molecule has 0 amide bonds. The van der Waals surface area contributed by atoms with E-state index in [0.717, 1.165) is 17.8 Å². The average molecular weight is 246 g/mol. The van der Waals surface area contributed by atoms with Crippen LogP contribution < -0.4 is 0 Å². The molecule has 0 spiro atoms. The third-order valence-corrected chi connectivity index (χ3v) is 2.37. The first kappa shape index (κ1) is 11.9. The molecule has 1 heterocycles. The number of para-hydroxylation sites is 1. The zero-order valence-corrected chi connectivity index (χ0v) is 9.43. The van der Waals surface area contributed by atoms with Crippen molar-refractivity contribution in [2.24, 2.45) is 0 Å². The number of aromatic nitrogens is 1. The number of halogens is 2. The lowest BCUT2D eigenvalue weighted by molar-refractivity contribution is -0.134. The summed E-state index contributed by atoms with van der Waals surface area (Å²) in [5, 5.41) is 9.49. The normalized spacial score (nSPS) is 9.53. The fourth-order valence-corrected chi connectivity index (χ4v) is 1.49. The molecule has 1 aromatic heterocycles. The highest BCUT2D eigenvalue weighted by Crippen LogP contribution is 2.29. The maximum atomic E-state index is 9.00. The van der Waals surface area contributed by atoms with Crippen molar-refractivity contribution < 1.29 is 9.90 Å². The first-order chi connectivity index (χ1) is 7.02. The number of fused-ring (bicyclic) bond motifs is 1. The minimum Gasteiger partial charge on any atom is -0.481 e. The number of aliphatic carboxylic acids is 1. The number of carbonyl (C=O) groups is 1. The summed E-state index contributed by atoms with van der Waals surface area (Å²) in [5.41, 5.74) is 0.975. The van der Waals surface area contributed by atoms with Gasteiger partial charge in [0.05, 0.1) is 5.02 Å². The quantitative estimate of drug-likeness (QED) is 0.746. The fraction of sp³-hybridized carbons (Fsp3) is 0.100. The number of nitrogens with one attached hydrogen (secondary N) is 1. The van der Waals surface area contributed by atoms with Crippen molar-refractivity contribution in [1.29, 1.82) is 0 Å². The second-order valence-electron chi connectivity index (χ2n) is 2.82. The molecular formula is C10H9Cl2NO2. The Bertz CT molecular complexity index is 475. The Balaban J connectivity index is 0.000000245. The van der Waals surface area contributed by atoms with Gasteiger partial charge >= 0.3 is 0 Å². The van der Waals surface area contributed by atoms with Gasteiger partial charge in [0.1, 0.15) is 5.15 Å². The van der Waals surface area contributed by atoms with Gasteiger partial charge in [0.25, 0.3) is 5.97 Å². The molecule has 0 aliphatic carbocycles. The predicted molar refractivity (Wildman–Crippen MR) is 61.6 cm³/mol. The lowest BCUT2D eigenvalue weighted by Crippen LogP contribution is -1.78. The van der Waals surface area contributed by atoms with E-state index in [1.165, 1.54) is 0 Å². The third-order valence-electron chi connectivity index (χ3n) is 1.60. The summed E-state index contributed by atoms with van der Waals surface area (Å²) in [4.78, 5) is 12.0. The van der Waals surface area contributed by atoms with Crippen molar-refractivity contribution in [1.82, 2.24) is 4.98 Å². The summed E-state index contributed by atoms with van der Waals surface area (Å²) < 4.78 is 0. The van der Waals surface area contributed by atoms with Crippen LogP contribution in [0, 0.1) is 0 Å². The standard InChI is InChI=1S/C8H5Cl2N.C2H4O2/c9-7-5-3-1-2-4-6(5)11-8(7)10;1-2(3)4/h1-4,11H;1H3,(H,3,4). The zero-order chi connectivity index (χ0) is 11.4. The Labute approximate surface area is 96.6 Å². The first-order valence-corrected chi connectivity index (χ1v) is 4.89. The summed E-state index contributed by atoms with van der Waals surface area (Å²) >= 11 is 11.6. The van der Waals surface area contributed by atoms with Gasteiger partial charge in [-0.3, -0.25) is 4.79 Å². The summed E-state index contributed by atoms with van der Waals surface area (Å²) in [7, 11) is 0. The summed E-state index contributed by atoms with van der Waals surface area (Å²) in [5.74, 6) is -0.833. The van der Waals surface area contributed by atoms with E-state index in [4.69, 9.17) is 33.1 Å². The molecule has 2 aromatic rings. The van der Waals surface area contributed by atoms with Gasteiger partial charge in [-0.2, -0.15) is 0 Å². The second-order valence-corrected chi connectivity index (χ2v) is 3.57. The molecule has 5 heteroatoms. The van der Waals surface area contributed by atoms with Crippen LogP contribution in [0.25, 0.3) is 10.9 Å². The molecule has 0 unspecified atom stereocenters. The van der Waals surface area contributed by atoms with Crippen LogP contribution in [0.4, 0.5) is 0 Å². The molecule has 0 atom stereocenters. The molecule has 15 heavy (non-hydrogen) atoms. The van der Waals surface area contributed by atoms with Crippen molar-refractivity contribution >= 4 is 40.1 Å². The number of hydrogen-bond acceptors (Lipinski definition) is 1. The molecule has 80 valence electrons. The van der Waals surface area contributed by atoms with Crippen LogP contribution in [0.15, 0.2) is 24.3 Å². The molecule has 0 aliphatic heterocycles. The van der Waals surface area contributed by atoms with Crippen LogP contribution in [-0.2, 0) is 4.79 Å². The van der Waals surface area contributed by atoms with Crippen LogP contribution >= 0.6 is 23.2 Å². The predicted octanol–water partition coefficient (Wildman–Crippen LogP) is 3.57. The van der Waals surface area contributed by atoms with Crippen LogP contribution in [0.2, 0.25) is 10.2 Å². The summed E-state index contributed by atoms with van der Waals surface area (Å²) in [6.45, 7) is 1.08. The lowest BCUT2D eigenvalue weighted by atomic mass is 10.2. The average Bonchev–Trinajstić information content (AvgIpc) is 2.43. The molecule has 0 radical (unpaired) electrons. The topological polar surface area (TPSA) is 53.1 Å². The number of carboxylic acid groups (broad SMARTS) is 1. The maximum Gasteiger partial charge on any atom is 0.300 e. The smallest absolute Gasteiger partial charge is 0.300 e. The summed E-state index contributed by atoms with van der Waals surface area (Å²) in [6.07, 6.45) is 0. The minimum absolute atomic E-state index is 0.507. The first-order valence-electron chi connectivity index (χ1n) is 4.13. The fourth-order valence-electron chi connectivity index (χ4n) is 1.07. The van der Waals surface area contributed by atoms with Gasteiger partial charge in [-0.1, -0.05) is 41.4 Å². The third kappa shape index (κ3) is 3.15. The Hall–Kier alpha value is -1.19. The Kier molecular flexibility index (Phi) is 4.00. The molecule has 0 aliphatic rings.